The van der Waals surface area contributed by atoms with Gasteiger partial charge in [0, 0.05) is 10.9 Å². The molecule has 1 aliphatic rings. The lowest BCUT2D eigenvalue weighted by atomic mass is 9.95. The minimum absolute atomic E-state index is 0.229. The van der Waals surface area contributed by atoms with E-state index in [1.54, 1.807) is 0 Å². The van der Waals surface area contributed by atoms with Gasteiger partial charge in [-0.25, -0.2) is 0 Å². The number of aliphatic hydroxyl groups is 1. The van der Waals surface area contributed by atoms with Crippen molar-refractivity contribution in [2.45, 2.75) is 32.5 Å². The predicted octanol–water partition coefficient (Wildman–Crippen LogP) is 4.16. The highest BCUT2D eigenvalue weighted by Crippen LogP contribution is 2.33. The molecular formula is C17H17BrO2. The Kier molecular flexibility index (Phi) is 3.57. The normalized spacial score (nSPS) is 18.5. The van der Waals surface area contributed by atoms with Crippen molar-refractivity contribution < 1.29 is 9.84 Å². The molecule has 104 valence electrons. The summed E-state index contributed by atoms with van der Waals surface area (Å²) < 4.78 is 6.73. The lowest BCUT2D eigenvalue weighted by Crippen LogP contribution is -2.05. The summed E-state index contributed by atoms with van der Waals surface area (Å²) in [4.78, 5) is 0. The highest BCUT2D eigenvalue weighted by atomic mass is 79.9. The Labute approximate surface area is 127 Å². The Balaban J connectivity index is 1.95. The Morgan fingerprint density at radius 3 is 2.80 bits per heavy atom. The van der Waals surface area contributed by atoms with Gasteiger partial charge in [-0.15, -0.1) is 0 Å². The van der Waals surface area contributed by atoms with E-state index < -0.39 is 6.10 Å². The third-order valence-corrected chi connectivity index (χ3v) is 4.26. The van der Waals surface area contributed by atoms with Gasteiger partial charge in [-0.05, 0) is 60.4 Å². The van der Waals surface area contributed by atoms with Crippen molar-refractivity contribution in [3.05, 3.63) is 63.1 Å². The molecular weight excluding hydrogens is 316 g/mol. The maximum absolute atomic E-state index is 10.6. The number of aryl methyl sites for hydroxylation is 1. The molecule has 3 heteroatoms. The van der Waals surface area contributed by atoms with Crippen molar-refractivity contribution in [2.75, 3.05) is 0 Å². The summed E-state index contributed by atoms with van der Waals surface area (Å²) in [6.45, 7) is 4.08. The Bertz CT molecular complexity index is 651. The average Bonchev–Trinajstić information content (AvgIpc) is 2.77. The molecule has 20 heavy (non-hydrogen) atoms. The second kappa shape index (κ2) is 5.23. The average molecular weight is 333 g/mol. The molecule has 3 rings (SSSR count). The van der Waals surface area contributed by atoms with Gasteiger partial charge in [0.25, 0.3) is 0 Å². The van der Waals surface area contributed by atoms with Gasteiger partial charge in [0.1, 0.15) is 18.0 Å². The smallest absolute Gasteiger partial charge is 0.123 e. The third kappa shape index (κ3) is 2.48. The highest BCUT2D eigenvalue weighted by molar-refractivity contribution is 9.10. The van der Waals surface area contributed by atoms with Gasteiger partial charge in [0.15, 0.2) is 0 Å². The van der Waals surface area contributed by atoms with Crippen LogP contribution in [0.25, 0.3) is 0 Å². The molecule has 2 aromatic carbocycles. The molecule has 2 atom stereocenters. The quantitative estimate of drug-likeness (QED) is 0.894. The van der Waals surface area contributed by atoms with Crippen molar-refractivity contribution in [1.29, 1.82) is 0 Å². The van der Waals surface area contributed by atoms with E-state index in [2.05, 4.69) is 28.9 Å². The van der Waals surface area contributed by atoms with Crippen LogP contribution in [0.15, 0.2) is 40.9 Å². The number of rotatable bonds is 2. The molecule has 0 aromatic heterocycles. The summed E-state index contributed by atoms with van der Waals surface area (Å²) in [6.07, 6.45) is 0.547. The lowest BCUT2D eigenvalue weighted by molar-refractivity contribution is 0.219. The third-order valence-electron chi connectivity index (χ3n) is 3.76. The summed E-state index contributed by atoms with van der Waals surface area (Å²) >= 11 is 3.45. The monoisotopic (exact) mass is 332 g/mol. The van der Waals surface area contributed by atoms with Crippen molar-refractivity contribution in [3.63, 3.8) is 0 Å². The van der Waals surface area contributed by atoms with E-state index >= 15 is 0 Å². The first-order valence-electron chi connectivity index (χ1n) is 6.78. The van der Waals surface area contributed by atoms with Gasteiger partial charge in [-0.3, -0.25) is 0 Å². The van der Waals surface area contributed by atoms with Crippen LogP contribution in [0.1, 0.15) is 35.3 Å². The first kappa shape index (κ1) is 13.7. The molecule has 2 unspecified atom stereocenters. The van der Waals surface area contributed by atoms with Gasteiger partial charge < -0.3 is 9.84 Å². The van der Waals surface area contributed by atoms with E-state index in [-0.39, 0.29) is 6.10 Å². The fraction of sp³-hybridized carbons (Fsp3) is 0.294. The molecule has 2 nitrogen and oxygen atoms in total. The first-order chi connectivity index (χ1) is 9.54. The molecule has 0 spiro atoms. The zero-order chi connectivity index (χ0) is 14.3. The standard InChI is InChI=1S/C17H17BrO2/c1-10-7-14(18)4-5-15(10)17(19)12-3-6-16-13(9-12)8-11(2)20-16/h3-7,9,11,17,19H,8H2,1-2H3. The van der Waals surface area contributed by atoms with Crippen LogP contribution in [0, 0.1) is 6.92 Å². The number of fused-ring (bicyclic) bond motifs is 1. The van der Waals surface area contributed by atoms with E-state index in [4.69, 9.17) is 4.74 Å². The van der Waals surface area contributed by atoms with E-state index in [1.807, 2.05) is 37.3 Å². The molecule has 0 amide bonds. The zero-order valence-electron chi connectivity index (χ0n) is 11.6. The van der Waals surface area contributed by atoms with Gasteiger partial charge in [-0.1, -0.05) is 28.1 Å². The molecule has 0 radical (unpaired) electrons. The van der Waals surface area contributed by atoms with Crippen LogP contribution in [0.5, 0.6) is 5.75 Å². The maximum atomic E-state index is 10.6. The molecule has 0 bridgehead atoms. The molecule has 1 N–H and O–H groups in total. The predicted molar refractivity (Wildman–Crippen MR) is 83.2 cm³/mol. The second-order valence-corrected chi connectivity index (χ2v) is 6.32. The van der Waals surface area contributed by atoms with Gasteiger partial charge >= 0.3 is 0 Å². The van der Waals surface area contributed by atoms with Gasteiger partial charge in [0.2, 0.25) is 0 Å². The number of aliphatic hydroxyl groups excluding tert-OH is 1. The van der Waals surface area contributed by atoms with Crippen LogP contribution < -0.4 is 4.74 Å². The second-order valence-electron chi connectivity index (χ2n) is 5.40. The minimum Gasteiger partial charge on any atom is -0.490 e. The van der Waals surface area contributed by atoms with Crippen molar-refractivity contribution in [2.24, 2.45) is 0 Å². The molecule has 0 fully saturated rings. The molecule has 2 aromatic rings. The minimum atomic E-state index is -0.593. The van der Waals surface area contributed by atoms with Crippen LogP contribution in [0.2, 0.25) is 0 Å². The van der Waals surface area contributed by atoms with Crippen molar-refractivity contribution in [1.82, 2.24) is 0 Å². The molecule has 0 aliphatic carbocycles. The lowest BCUT2D eigenvalue weighted by Gasteiger charge is -2.15. The summed E-state index contributed by atoms with van der Waals surface area (Å²) in [5, 5.41) is 10.6. The summed E-state index contributed by atoms with van der Waals surface area (Å²) in [7, 11) is 0. The Morgan fingerprint density at radius 1 is 1.25 bits per heavy atom. The molecule has 0 saturated carbocycles. The van der Waals surface area contributed by atoms with Crippen molar-refractivity contribution >= 4 is 15.9 Å². The number of hydrogen-bond acceptors (Lipinski definition) is 2. The van der Waals surface area contributed by atoms with Crippen LogP contribution in [0.4, 0.5) is 0 Å². The largest absolute Gasteiger partial charge is 0.490 e. The van der Waals surface area contributed by atoms with E-state index in [9.17, 15) is 5.11 Å². The van der Waals surface area contributed by atoms with Crippen LogP contribution in [0.3, 0.4) is 0 Å². The van der Waals surface area contributed by atoms with Crippen molar-refractivity contribution in [3.8, 4) is 5.75 Å². The topological polar surface area (TPSA) is 29.5 Å². The Morgan fingerprint density at radius 2 is 2.05 bits per heavy atom. The fourth-order valence-electron chi connectivity index (χ4n) is 2.74. The SMILES string of the molecule is Cc1cc(Br)ccc1C(O)c1ccc2c(c1)CC(C)O2. The van der Waals surface area contributed by atoms with Crippen LogP contribution in [-0.2, 0) is 6.42 Å². The van der Waals surface area contributed by atoms with E-state index in [0.717, 1.165) is 33.3 Å². The number of ether oxygens (including phenoxy) is 1. The highest BCUT2D eigenvalue weighted by Gasteiger charge is 2.21. The number of hydrogen-bond donors (Lipinski definition) is 1. The van der Waals surface area contributed by atoms with Gasteiger partial charge in [0.05, 0.1) is 0 Å². The number of benzene rings is 2. The van der Waals surface area contributed by atoms with E-state index in [1.165, 1.54) is 5.56 Å². The van der Waals surface area contributed by atoms with Crippen LogP contribution in [-0.4, -0.2) is 11.2 Å². The zero-order valence-corrected chi connectivity index (χ0v) is 13.1. The summed E-state index contributed by atoms with van der Waals surface area (Å²) in [5.41, 5.74) is 4.13. The van der Waals surface area contributed by atoms with E-state index in [0.29, 0.717) is 0 Å². The molecule has 1 heterocycles. The fourth-order valence-corrected chi connectivity index (χ4v) is 3.21. The number of halogens is 1. The molecule has 1 aliphatic heterocycles. The van der Waals surface area contributed by atoms with Gasteiger partial charge in [-0.2, -0.15) is 0 Å². The molecule has 0 saturated heterocycles. The van der Waals surface area contributed by atoms with Crippen LogP contribution >= 0.6 is 15.9 Å². The first-order valence-corrected chi connectivity index (χ1v) is 7.57. The summed E-state index contributed by atoms with van der Waals surface area (Å²) in [5.74, 6) is 0.945. The maximum Gasteiger partial charge on any atom is 0.123 e. The summed E-state index contributed by atoms with van der Waals surface area (Å²) in [6, 6.07) is 11.9. The Hall–Kier alpha value is -1.32.